The molecule has 12 N–H and O–H groups in total. The number of Topliss-reactive ketones (excluding diaryl/α,β-unsaturated/α-hetero) is 1. The highest BCUT2D eigenvalue weighted by atomic mass is 16.2. The SMILES string of the molecule is [2H]c1c([2H])c([2H])c(C[C@H](CC(=O)[C@@H](CCCN=C(N)N)NC(=O)[C@@H](N)Cc2ccccc2)C(=O)N[C@@]([2H])(CCCC([2H])([2H])N)C(N)=O)c([2H])c1[2H]. The fourth-order valence-corrected chi connectivity index (χ4v) is 4.19. The van der Waals surface area contributed by atoms with Crippen LogP contribution in [0.5, 0.6) is 0 Å². The lowest BCUT2D eigenvalue weighted by Crippen LogP contribution is -2.51. The zero-order valence-electron chi connectivity index (χ0n) is 31.9. The van der Waals surface area contributed by atoms with Gasteiger partial charge in [0.1, 0.15) is 6.02 Å². The molecule has 3 amide bonds. The molecule has 0 aliphatic heterocycles. The molecule has 234 valence electrons. The number of nitrogens with zero attached hydrogens (tertiary/aromatic N) is 1. The Morgan fingerprint density at radius 2 is 1.58 bits per heavy atom. The molecule has 0 fully saturated rings. The quantitative estimate of drug-likeness (QED) is 0.0618. The Bertz CT molecular complexity index is 1560. The second-order valence-electron chi connectivity index (χ2n) is 9.87. The van der Waals surface area contributed by atoms with Crippen LogP contribution in [0.4, 0.5) is 0 Å². The second-order valence-corrected chi connectivity index (χ2v) is 9.87. The number of ketones is 1. The molecule has 43 heavy (non-hydrogen) atoms. The van der Waals surface area contributed by atoms with Gasteiger partial charge in [-0.1, -0.05) is 60.5 Å². The lowest BCUT2D eigenvalue weighted by molar-refractivity contribution is -0.133. The van der Waals surface area contributed by atoms with E-state index in [2.05, 4.69) is 15.6 Å². The van der Waals surface area contributed by atoms with Crippen molar-refractivity contribution in [1.82, 2.24) is 10.6 Å². The highest BCUT2D eigenvalue weighted by molar-refractivity contribution is 5.94. The topological polar surface area (TPSA) is 235 Å². The van der Waals surface area contributed by atoms with Crippen LogP contribution < -0.4 is 39.3 Å². The molecule has 0 aliphatic rings. The third-order valence-electron chi connectivity index (χ3n) is 6.43. The van der Waals surface area contributed by atoms with Crippen LogP contribution in [-0.2, 0) is 32.0 Å². The van der Waals surface area contributed by atoms with Gasteiger partial charge in [0.2, 0.25) is 17.7 Å². The van der Waals surface area contributed by atoms with Crippen molar-refractivity contribution in [2.24, 2.45) is 39.6 Å². The lowest BCUT2D eigenvalue weighted by Gasteiger charge is -2.24. The van der Waals surface area contributed by atoms with Crippen LogP contribution in [-0.4, -0.2) is 60.6 Å². The molecule has 0 aliphatic carbocycles. The minimum atomic E-state index is -2.48. The molecule has 0 radical (unpaired) electrons. The first-order chi connectivity index (χ1) is 23.7. The normalized spacial score (nSPS) is 17.3. The number of nitrogens with one attached hydrogen (secondary N) is 2. The highest BCUT2D eigenvalue weighted by Gasteiger charge is 2.30. The van der Waals surface area contributed by atoms with Gasteiger partial charge < -0.3 is 39.3 Å². The van der Waals surface area contributed by atoms with Gasteiger partial charge >= 0.3 is 0 Å². The van der Waals surface area contributed by atoms with Gasteiger partial charge in [0.25, 0.3) is 0 Å². The molecule has 4 atom stereocenters. The Labute approximate surface area is 264 Å². The standard InChI is InChI=1S/C31H46N8O4/c32-16-8-7-14-26(28(34)41)39-29(42)23(18-21-10-3-1-4-11-21)20-27(40)25(15-9-17-37-31(35)36)38-30(43)24(33)19-22-12-5-2-6-13-22/h1-6,10-13,23-26H,7-9,14-20,32-33H2,(H2,34,41)(H,38,43)(H,39,42)(H4,35,36,37)/t23-,24+,25-,26+/m1/s1/i1D,3D,4D,10D,11D,16D2,26D. The van der Waals surface area contributed by atoms with E-state index >= 15 is 0 Å². The molecule has 0 aromatic heterocycles. The van der Waals surface area contributed by atoms with Crippen molar-refractivity contribution < 1.29 is 30.1 Å². The van der Waals surface area contributed by atoms with E-state index in [4.69, 9.17) is 39.6 Å². The van der Waals surface area contributed by atoms with Gasteiger partial charge in [-0.2, -0.15) is 0 Å². The van der Waals surface area contributed by atoms with Gasteiger partial charge in [-0.15, -0.1) is 0 Å². The fourth-order valence-electron chi connectivity index (χ4n) is 4.19. The first kappa shape index (κ1) is 24.2. The first-order valence-corrected chi connectivity index (χ1v) is 13.8. The molecule has 12 nitrogen and oxygen atoms in total. The zero-order valence-corrected chi connectivity index (χ0v) is 23.9. The summed E-state index contributed by atoms with van der Waals surface area (Å²) in [6.07, 6.45) is -1.83. The summed E-state index contributed by atoms with van der Waals surface area (Å²) in [7, 11) is 0. The van der Waals surface area contributed by atoms with E-state index < -0.39 is 103 Å². The molecule has 2 aromatic carbocycles. The number of benzene rings is 2. The van der Waals surface area contributed by atoms with Crippen molar-refractivity contribution in [2.75, 3.05) is 13.0 Å². The number of rotatable bonds is 20. The molecule has 0 spiro atoms. The van der Waals surface area contributed by atoms with Gasteiger partial charge in [-0.25, -0.2) is 0 Å². The number of amides is 3. The molecule has 2 rings (SSSR count). The molecule has 12 heteroatoms. The van der Waals surface area contributed by atoms with Gasteiger partial charge in [0.05, 0.1) is 20.3 Å². The van der Waals surface area contributed by atoms with Crippen molar-refractivity contribution in [1.29, 1.82) is 0 Å². The number of aliphatic imine (C=N–C) groups is 1. The van der Waals surface area contributed by atoms with Crippen LogP contribution in [0.2, 0.25) is 0 Å². The van der Waals surface area contributed by atoms with E-state index in [1.54, 1.807) is 30.3 Å². The average Bonchev–Trinajstić information content (AvgIpc) is 3.05. The Balaban J connectivity index is 2.48. The Morgan fingerprint density at radius 1 is 0.884 bits per heavy atom. The molecule has 0 unspecified atom stereocenters. The number of carbonyl (C=O) groups is 4. The third-order valence-corrected chi connectivity index (χ3v) is 6.43. The maximum absolute atomic E-state index is 13.9. The molecular weight excluding hydrogens is 548 g/mol. The van der Waals surface area contributed by atoms with Gasteiger partial charge in [0.15, 0.2) is 11.7 Å². The van der Waals surface area contributed by atoms with Crippen molar-refractivity contribution in [3.63, 3.8) is 0 Å². The van der Waals surface area contributed by atoms with Crippen molar-refractivity contribution in [3.8, 4) is 0 Å². The number of carbonyl (C=O) groups excluding carboxylic acids is 4. The predicted molar refractivity (Wildman–Crippen MR) is 167 cm³/mol. The van der Waals surface area contributed by atoms with Crippen LogP contribution in [0.25, 0.3) is 0 Å². The van der Waals surface area contributed by atoms with Gasteiger partial charge in [-0.3, -0.25) is 24.2 Å². The summed E-state index contributed by atoms with van der Waals surface area (Å²) in [5, 5.41) is 4.82. The monoisotopic (exact) mass is 602 g/mol. The smallest absolute Gasteiger partial charge is 0.239 e. The van der Waals surface area contributed by atoms with Crippen LogP contribution in [0.15, 0.2) is 65.5 Å². The number of nitrogens with two attached hydrogens (primary N) is 5. The average molecular weight is 603 g/mol. The Morgan fingerprint density at radius 3 is 2.21 bits per heavy atom. The zero-order chi connectivity index (χ0) is 38.7. The minimum Gasteiger partial charge on any atom is -0.370 e. The summed E-state index contributed by atoms with van der Waals surface area (Å²) in [5.41, 5.74) is 28.2. The maximum Gasteiger partial charge on any atom is 0.239 e. The number of primary amides is 1. The highest BCUT2D eigenvalue weighted by Crippen LogP contribution is 2.17. The van der Waals surface area contributed by atoms with E-state index in [0.29, 0.717) is 0 Å². The summed E-state index contributed by atoms with van der Waals surface area (Å²) in [6, 6.07) is 0.802. The van der Waals surface area contributed by atoms with E-state index in [-0.39, 0.29) is 50.2 Å². The number of hydrogen-bond acceptors (Lipinski definition) is 7. The van der Waals surface area contributed by atoms with Crippen LogP contribution >= 0.6 is 0 Å². The maximum atomic E-state index is 13.9. The van der Waals surface area contributed by atoms with Gasteiger partial charge in [0, 0.05) is 21.6 Å². The van der Waals surface area contributed by atoms with Crippen molar-refractivity contribution >= 4 is 29.5 Å². The Hall–Kier alpha value is -4.29. The van der Waals surface area contributed by atoms with E-state index in [9.17, 15) is 19.2 Å². The second kappa shape index (κ2) is 19.0. The molecule has 0 saturated heterocycles. The summed E-state index contributed by atoms with van der Waals surface area (Å²) in [6.45, 7) is -2.05. The molecule has 0 saturated carbocycles. The first-order valence-electron chi connectivity index (χ1n) is 17.8. The molecule has 0 heterocycles. The summed E-state index contributed by atoms with van der Waals surface area (Å²) < 4.78 is 64.3. The fraction of sp³-hybridized carbons (Fsp3) is 0.452. The van der Waals surface area contributed by atoms with Gasteiger partial charge in [-0.05, 0) is 62.6 Å². The van der Waals surface area contributed by atoms with E-state index in [0.717, 1.165) is 5.56 Å². The van der Waals surface area contributed by atoms with Crippen LogP contribution in [0.1, 0.15) is 60.6 Å². The number of guanidine groups is 1. The number of hydrogen-bond donors (Lipinski definition) is 7. The van der Waals surface area contributed by atoms with Crippen molar-refractivity contribution in [2.45, 2.75) is 69.5 Å². The molecular formula is C31H46N8O4. The minimum absolute atomic E-state index is 0.00678. The lowest BCUT2D eigenvalue weighted by atomic mass is 9.89. The largest absolute Gasteiger partial charge is 0.370 e. The summed E-state index contributed by atoms with van der Waals surface area (Å²) >= 11 is 0. The van der Waals surface area contributed by atoms with E-state index in [1.165, 1.54) is 0 Å². The summed E-state index contributed by atoms with van der Waals surface area (Å²) in [4.78, 5) is 57.2. The predicted octanol–water partition coefficient (Wildman–Crippen LogP) is 0.0120. The molecule has 0 bridgehead atoms. The Kier molecular flexibility index (Phi) is 10.7. The summed E-state index contributed by atoms with van der Waals surface area (Å²) in [5.74, 6) is -5.51. The third kappa shape index (κ3) is 13.5. The van der Waals surface area contributed by atoms with Crippen LogP contribution in [0, 0.1) is 5.92 Å². The van der Waals surface area contributed by atoms with E-state index in [1.807, 2.05) is 0 Å². The van der Waals surface area contributed by atoms with Crippen molar-refractivity contribution in [3.05, 3.63) is 71.7 Å². The molecule has 2 aromatic rings. The van der Waals surface area contributed by atoms with Crippen LogP contribution in [0.3, 0.4) is 0 Å².